The first-order valence-electron chi connectivity index (χ1n) is 5.29. The molecule has 2 aromatic rings. The van der Waals surface area contributed by atoms with Gasteiger partial charge >= 0.3 is 13.7 Å². The first kappa shape index (κ1) is 14.3. The fourth-order valence-corrected chi connectivity index (χ4v) is 1.74. The van der Waals surface area contributed by atoms with Crippen LogP contribution in [0.15, 0.2) is 29.4 Å². The Morgan fingerprint density at radius 2 is 1.75 bits per heavy atom. The van der Waals surface area contributed by atoms with Crippen molar-refractivity contribution in [3.05, 3.63) is 35.0 Å². The van der Waals surface area contributed by atoms with Gasteiger partial charge in [-0.3, -0.25) is 9.59 Å². The lowest BCUT2D eigenvalue weighted by Gasteiger charge is -1.98. The summed E-state index contributed by atoms with van der Waals surface area (Å²) in [5, 5.41) is 2.15. The smallest absolute Gasteiger partial charge is 0.361 e. The minimum Gasteiger partial charge on any atom is -0.361 e. The number of carbonyl (C=O) groups is 2. The molecule has 1 aromatic carbocycles. The van der Waals surface area contributed by atoms with Crippen molar-refractivity contribution in [1.82, 2.24) is 4.98 Å². The molecule has 3 rings (SSSR count). The highest BCUT2D eigenvalue weighted by molar-refractivity contribution is 7.45. The Labute approximate surface area is 111 Å². The predicted octanol–water partition coefficient (Wildman–Crippen LogP) is -1.25. The van der Waals surface area contributed by atoms with Crippen molar-refractivity contribution in [2.24, 2.45) is 4.99 Å². The monoisotopic (exact) mass is 296 g/mol. The summed E-state index contributed by atoms with van der Waals surface area (Å²) in [7, 11) is -4.64. The first-order valence-corrected chi connectivity index (χ1v) is 6.85. The molecule has 4 N–H and O–H groups in total. The number of nitrogens with zero attached hydrogens (tertiary/aromatic N) is 1. The normalized spacial score (nSPS) is 13.9. The van der Waals surface area contributed by atoms with E-state index in [2.05, 4.69) is 9.98 Å². The molecule has 0 spiro atoms. The summed E-state index contributed by atoms with van der Waals surface area (Å²) in [6.45, 7) is 0. The number of hydrogen-bond acceptors (Lipinski definition) is 3. The number of rotatable bonds is 0. The fraction of sp³-hybridized carbons (Fsp3) is 0. The van der Waals surface area contributed by atoms with Crippen molar-refractivity contribution in [3.63, 3.8) is 0 Å². The summed E-state index contributed by atoms with van der Waals surface area (Å²) >= 11 is 0. The third-order valence-electron chi connectivity index (χ3n) is 2.45. The molecule has 0 aliphatic carbocycles. The summed E-state index contributed by atoms with van der Waals surface area (Å²) in [5.41, 5.74) is 0.910. The number of aromatic amines is 1. The van der Waals surface area contributed by atoms with Crippen LogP contribution in [0, 0.1) is 0 Å². The van der Waals surface area contributed by atoms with Crippen molar-refractivity contribution in [2.45, 2.75) is 0 Å². The minimum atomic E-state index is -4.64. The number of hydrogen-bond donors (Lipinski definition) is 4. The Morgan fingerprint density at radius 3 is 2.40 bits per heavy atom. The Morgan fingerprint density at radius 1 is 1.10 bits per heavy atom. The molecule has 1 aliphatic rings. The molecular weight excluding hydrogens is 287 g/mol. The number of amides is 1. The molecule has 0 saturated heterocycles. The molecule has 9 heteroatoms. The van der Waals surface area contributed by atoms with Crippen LogP contribution in [-0.4, -0.2) is 31.4 Å². The first-order chi connectivity index (χ1) is 9.25. The van der Waals surface area contributed by atoms with E-state index in [1.54, 1.807) is 12.3 Å². The van der Waals surface area contributed by atoms with Gasteiger partial charge in [-0.1, -0.05) is 6.07 Å². The largest absolute Gasteiger partial charge is 0.466 e. The molecule has 2 heterocycles. The van der Waals surface area contributed by atoms with Crippen LogP contribution in [0.2, 0.25) is 0 Å². The van der Waals surface area contributed by atoms with Gasteiger partial charge in [0.2, 0.25) is 5.78 Å². The molecule has 0 bridgehead atoms. The van der Waals surface area contributed by atoms with Crippen LogP contribution >= 0.6 is 7.82 Å². The zero-order valence-corrected chi connectivity index (χ0v) is 10.7. The molecule has 1 amide bonds. The van der Waals surface area contributed by atoms with Gasteiger partial charge in [0, 0.05) is 28.4 Å². The van der Waals surface area contributed by atoms with Crippen LogP contribution in [0.25, 0.3) is 17.0 Å². The summed E-state index contributed by atoms with van der Waals surface area (Å²) in [6.07, 6.45) is 3.11. The summed E-state index contributed by atoms with van der Waals surface area (Å²) in [5.74, 6) is -1.26. The van der Waals surface area contributed by atoms with Gasteiger partial charge in [0.25, 0.3) is 0 Å². The third kappa shape index (κ3) is 3.25. The number of phosphoric acid groups is 1. The second-order valence-electron chi connectivity index (χ2n) is 3.88. The van der Waals surface area contributed by atoms with Crippen molar-refractivity contribution >= 4 is 36.5 Å². The van der Waals surface area contributed by atoms with E-state index in [0.29, 0.717) is 10.6 Å². The number of nitrogens with one attached hydrogen (secondary N) is 1. The van der Waals surface area contributed by atoms with E-state index in [-0.39, 0.29) is 0 Å². The lowest BCUT2D eigenvalue weighted by molar-refractivity contribution is -0.132. The zero-order chi connectivity index (χ0) is 14.9. The average molecular weight is 296 g/mol. The van der Waals surface area contributed by atoms with E-state index in [1.807, 2.05) is 12.1 Å². The number of ketones is 1. The molecule has 20 heavy (non-hydrogen) atoms. The predicted molar refractivity (Wildman–Crippen MR) is 67.8 cm³/mol. The summed E-state index contributed by atoms with van der Waals surface area (Å²) in [4.78, 5) is 50.7. The van der Waals surface area contributed by atoms with E-state index in [1.165, 1.54) is 6.08 Å². The topological polar surface area (TPSA) is 140 Å². The second-order valence-corrected chi connectivity index (χ2v) is 4.91. The molecule has 0 fully saturated rings. The van der Waals surface area contributed by atoms with Crippen molar-refractivity contribution in [3.8, 4) is 0 Å². The van der Waals surface area contributed by atoms with Crippen LogP contribution in [0.5, 0.6) is 0 Å². The highest BCUT2D eigenvalue weighted by Gasteiger charge is 2.14. The van der Waals surface area contributed by atoms with Crippen molar-refractivity contribution in [1.29, 1.82) is 0 Å². The van der Waals surface area contributed by atoms with E-state index >= 15 is 0 Å². The maximum Gasteiger partial charge on any atom is 0.466 e. The maximum atomic E-state index is 11.2. The van der Waals surface area contributed by atoms with Crippen LogP contribution in [0.4, 0.5) is 0 Å². The molecule has 104 valence electrons. The Balaban J connectivity index is 0.000000257. The van der Waals surface area contributed by atoms with Crippen molar-refractivity contribution in [2.75, 3.05) is 0 Å². The number of Topliss-reactive ketones (excluding diaryl/α,β-unsaturated/α-hetero) is 1. The SMILES string of the molecule is O=C1C=c2ccc3[nH]ccc3c2=NC1=O.O=P(O)(O)O. The van der Waals surface area contributed by atoms with Crippen LogP contribution in [0.3, 0.4) is 0 Å². The third-order valence-corrected chi connectivity index (χ3v) is 2.45. The van der Waals surface area contributed by atoms with Gasteiger partial charge in [0.15, 0.2) is 0 Å². The Hall–Kier alpha value is -2.12. The van der Waals surface area contributed by atoms with E-state index < -0.39 is 19.5 Å². The lowest BCUT2D eigenvalue weighted by atomic mass is 10.1. The van der Waals surface area contributed by atoms with Gasteiger partial charge < -0.3 is 19.7 Å². The van der Waals surface area contributed by atoms with Gasteiger partial charge in [-0.05, 0) is 12.1 Å². The average Bonchev–Trinajstić information content (AvgIpc) is 2.77. The van der Waals surface area contributed by atoms with Gasteiger partial charge in [-0.15, -0.1) is 0 Å². The fourth-order valence-electron chi connectivity index (χ4n) is 1.74. The molecule has 8 nitrogen and oxygen atoms in total. The zero-order valence-electron chi connectivity index (χ0n) is 9.85. The standard InChI is InChI=1S/C11H6N2O2.H3O4P/c14-9-5-6-1-2-8-7(3-4-12-8)10(6)13-11(9)15;1-5(2,3)4/h1-5,12H;(H3,1,2,3,4). The molecule has 1 aliphatic heterocycles. The lowest BCUT2D eigenvalue weighted by Crippen LogP contribution is -2.34. The van der Waals surface area contributed by atoms with Gasteiger partial charge in [0.1, 0.15) is 0 Å². The van der Waals surface area contributed by atoms with E-state index in [0.717, 1.165) is 10.9 Å². The van der Waals surface area contributed by atoms with Crippen LogP contribution in [0.1, 0.15) is 0 Å². The molecule has 0 unspecified atom stereocenters. The van der Waals surface area contributed by atoms with Crippen LogP contribution in [-0.2, 0) is 14.2 Å². The number of carbonyl (C=O) groups excluding carboxylic acids is 2. The maximum absolute atomic E-state index is 11.2. The Bertz CT molecular complexity index is 854. The van der Waals surface area contributed by atoms with Gasteiger partial charge in [-0.2, -0.15) is 0 Å². The van der Waals surface area contributed by atoms with Crippen LogP contribution < -0.4 is 10.6 Å². The molecule has 0 atom stereocenters. The van der Waals surface area contributed by atoms with Gasteiger partial charge in [-0.25, -0.2) is 9.56 Å². The molecule has 1 aromatic heterocycles. The number of H-pyrrole nitrogens is 1. The summed E-state index contributed by atoms with van der Waals surface area (Å²) < 4.78 is 8.88. The van der Waals surface area contributed by atoms with E-state index in [4.69, 9.17) is 19.2 Å². The van der Waals surface area contributed by atoms with E-state index in [9.17, 15) is 9.59 Å². The molecule has 0 radical (unpaired) electrons. The number of aromatic nitrogens is 1. The van der Waals surface area contributed by atoms with Crippen molar-refractivity contribution < 1.29 is 28.8 Å². The molecular formula is C11H9N2O6P. The Kier molecular flexibility index (Phi) is 3.65. The van der Waals surface area contributed by atoms with Gasteiger partial charge in [0.05, 0.1) is 5.36 Å². The second kappa shape index (κ2) is 5.10. The molecule has 0 saturated carbocycles. The minimum absolute atomic E-state index is 0.558. The summed E-state index contributed by atoms with van der Waals surface area (Å²) in [6, 6.07) is 5.49. The highest BCUT2D eigenvalue weighted by atomic mass is 31.2. The quantitative estimate of drug-likeness (QED) is 0.353. The number of benzene rings is 1. The number of fused-ring (bicyclic) bond motifs is 3. The highest BCUT2D eigenvalue weighted by Crippen LogP contribution is 2.25.